The molecule has 7 heteroatoms. The summed E-state index contributed by atoms with van der Waals surface area (Å²) in [6.45, 7) is 13.2. The summed E-state index contributed by atoms with van der Waals surface area (Å²) < 4.78 is 7.48. The van der Waals surface area contributed by atoms with E-state index in [0.717, 1.165) is 17.1 Å². The van der Waals surface area contributed by atoms with Crippen LogP contribution in [0.1, 0.15) is 17.0 Å². The van der Waals surface area contributed by atoms with Gasteiger partial charge in [0, 0.05) is 13.1 Å². The molecule has 0 aliphatic rings. The zero-order chi connectivity index (χ0) is 19.3. The van der Waals surface area contributed by atoms with E-state index in [0.29, 0.717) is 17.1 Å². The summed E-state index contributed by atoms with van der Waals surface area (Å²) in [5.74, 6) is 1.32. The lowest BCUT2D eigenvalue weighted by Crippen LogP contribution is -2.38. The minimum Gasteiger partial charge on any atom is -0.423 e. The van der Waals surface area contributed by atoms with Crippen LogP contribution in [0.2, 0.25) is 19.6 Å². The van der Waals surface area contributed by atoms with Crippen LogP contribution in [0.3, 0.4) is 0 Å². The van der Waals surface area contributed by atoms with Crippen LogP contribution in [0.25, 0.3) is 28.3 Å². The zero-order valence-corrected chi connectivity index (χ0v) is 17.5. The number of nitrogens with zero attached hydrogens (tertiary/aromatic N) is 5. The molecule has 4 aromatic rings. The molecule has 0 spiro atoms. The first-order valence-corrected chi connectivity index (χ1v) is 12.5. The minimum atomic E-state index is -1.39. The van der Waals surface area contributed by atoms with Crippen molar-refractivity contribution in [2.45, 2.75) is 40.4 Å². The van der Waals surface area contributed by atoms with E-state index in [2.05, 4.69) is 65.7 Å². The monoisotopic (exact) mass is 377 g/mol. The molecule has 0 bridgehead atoms. The van der Waals surface area contributed by atoms with E-state index >= 15 is 0 Å². The Hall–Kier alpha value is -2.80. The fourth-order valence-electron chi connectivity index (χ4n) is 3.43. The Morgan fingerprint density at radius 3 is 2.37 bits per heavy atom. The van der Waals surface area contributed by atoms with Crippen LogP contribution in [0.15, 0.2) is 35.1 Å². The SMILES string of the molecule is Cc1nc2c(-c3ncnn3-c3c(C)cc([Si](C)(C)C)cc3C)ccnc2o1. The number of aryl methyl sites for hydroxylation is 3. The number of oxazole rings is 1. The highest BCUT2D eigenvalue weighted by atomic mass is 28.3. The molecule has 0 radical (unpaired) electrons. The van der Waals surface area contributed by atoms with Gasteiger partial charge in [0.05, 0.1) is 19.3 Å². The summed E-state index contributed by atoms with van der Waals surface area (Å²) in [6, 6.07) is 6.50. The Labute approximate surface area is 159 Å². The lowest BCUT2D eigenvalue weighted by Gasteiger charge is -2.21. The molecular weight excluding hydrogens is 354 g/mol. The standard InChI is InChI=1S/C20H23N5OSi/c1-12-9-15(27(4,5)6)10-13(2)18(12)25-19(22-11-23-25)16-7-8-21-20-17(16)24-14(3)26-20/h7-11H,1-6H3. The predicted molar refractivity (Wildman–Crippen MR) is 109 cm³/mol. The summed E-state index contributed by atoms with van der Waals surface area (Å²) in [5.41, 5.74) is 5.54. The average Bonchev–Trinajstić information content (AvgIpc) is 3.18. The average molecular weight is 378 g/mol. The van der Waals surface area contributed by atoms with Crippen molar-refractivity contribution < 1.29 is 4.42 Å². The maximum Gasteiger partial charge on any atom is 0.247 e. The Morgan fingerprint density at radius 2 is 1.70 bits per heavy atom. The maximum absolute atomic E-state index is 5.58. The van der Waals surface area contributed by atoms with Gasteiger partial charge in [-0.15, -0.1) is 0 Å². The fourth-order valence-corrected chi connectivity index (χ4v) is 4.73. The predicted octanol–water partition coefficient (Wildman–Crippen LogP) is 3.94. The van der Waals surface area contributed by atoms with Crippen LogP contribution in [-0.4, -0.2) is 32.8 Å². The van der Waals surface area contributed by atoms with Crippen LogP contribution in [0.4, 0.5) is 0 Å². The molecule has 3 heterocycles. The van der Waals surface area contributed by atoms with Crippen molar-refractivity contribution in [2.75, 3.05) is 0 Å². The number of pyridine rings is 1. The van der Waals surface area contributed by atoms with Crippen LogP contribution in [-0.2, 0) is 0 Å². The molecule has 6 nitrogen and oxygen atoms in total. The van der Waals surface area contributed by atoms with E-state index in [1.807, 2.05) is 17.7 Å². The maximum atomic E-state index is 5.58. The van der Waals surface area contributed by atoms with Gasteiger partial charge in [0.25, 0.3) is 0 Å². The number of fused-ring (bicyclic) bond motifs is 1. The molecule has 0 unspecified atom stereocenters. The summed E-state index contributed by atoms with van der Waals surface area (Å²) in [5, 5.41) is 5.97. The Kier molecular flexibility index (Phi) is 3.99. The number of rotatable bonds is 3. The van der Waals surface area contributed by atoms with Gasteiger partial charge in [-0.25, -0.2) is 19.6 Å². The number of hydrogen-bond donors (Lipinski definition) is 0. The molecule has 4 rings (SSSR count). The highest BCUT2D eigenvalue weighted by Crippen LogP contribution is 2.29. The zero-order valence-electron chi connectivity index (χ0n) is 16.5. The second kappa shape index (κ2) is 6.13. The second-order valence-corrected chi connectivity index (χ2v) is 13.0. The van der Waals surface area contributed by atoms with Gasteiger partial charge in [-0.1, -0.05) is 37.0 Å². The molecule has 0 aliphatic carbocycles. The first kappa shape index (κ1) is 17.6. The molecule has 0 aliphatic heterocycles. The summed E-state index contributed by atoms with van der Waals surface area (Å²) in [4.78, 5) is 13.3. The van der Waals surface area contributed by atoms with Crippen LogP contribution in [0, 0.1) is 20.8 Å². The third kappa shape index (κ3) is 2.97. The smallest absolute Gasteiger partial charge is 0.247 e. The molecular formula is C20H23N5OSi. The van der Waals surface area contributed by atoms with Crippen molar-refractivity contribution in [3.8, 4) is 17.1 Å². The van der Waals surface area contributed by atoms with E-state index in [-0.39, 0.29) is 0 Å². The Balaban J connectivity index is 1.93. The van der Waals surface area contributed by atoms with Crippen molar-refractivity contribution in [1.29, 1.82) is 0 Å². The lowest BCUT2D eigenvalue weighted by atomic mass is 10.1. The van der Waals surface area contributed by atoms with Gasteiger partial charge >= 0.3 is 0 Å². The van der Waals surface area contributed by atoms with Crippen molar-refractivity contribution in [1.82, 2.24) is 24.7 Å². The molecule has 0 saturated carbocycles. The first-order valence-electron chi connectivity index (χ1n) is 9.00. The number of hydrogen-bond acceptors (Lipinski definition) is 5. The number of benzene rings is 1. The normalized spacial score (nSPS) is 12.1. The van der Waals surface area contributed by atoms with Crippen molar-refractivity contribution in [3.05, 3.63) is 47.7 Å². The summed E-state index contributed by atoms with van der Waals surface area (Å²) >= 11 is 0. The van der Waals surface area contributed by atoms with Gasteiger partial charge in [0.1, 0.15) is 11.8 Å². The van der Waals surface area contributed by atoms with Crippen molar-refractivity contribution in [3.63, 3.8) is 0 Å². The highest BCUT2D eigenvalue weighted by molar-refractivity contribution is 6.88. The van der Waals surface area contributed by atoms with Crippen LogP contribution < -0.4 is 5.19 Å². The first-order chi connectivity index (χ1) is 12.8. The number of aromatic nitrogens is 5. The van der Waals surface area contributed by atoms with Gasteiger partial charge < -0.3 is 4.42 Å². The molecule has 27 heavy (non-hydrogen) atoms. The van der Waals surface area contributed by atoms with Gasteiger partial charge in [0.15, 0.2) is 11.7 Å². The van der Waals surface area contributed by atoms with Crippen LogP contribution in [0.5, 0.6) is 0 Å². The van der Waals surface area contributed by atoms with Crippen molar-refractivity contribution >= 4 is 24.5 Å². The van der Waals surface area contributed by atoms with Gasteiger partial charge in [-0.05, 0) is 31.0 Å². The Morgan fingerprint density at radius 1 is 1.00 bits per heavy atom. The van der Waals surface area contributed by atoms with E-state index in [1.165, 1.54) is 16.3 Å². The minimum absolute atomic E-state index is 0.516. The van der Waals surface area contributed by atoms with Gasteiger partial charge in [-0.3, -0.25) is 0 Å². The summed E-state index contributed by atoms with van der Waals surface area (Å²) in [7, 11) is -1.39. The topological polar surface area (TPSA) is 69.6 Å². The third-order valence-electron chi connectivity index (χ3n) is 4.76. The fraction of sp³-hybridized carbons (Fsp3) is 0.300. The third-order valence-corrected chi connectivity index (χ3v) is 6.78. The molecule has 1 aromatic carbocycles. The molecule has 0 fully saturated rings. The molecule has 0 saturated heterocycles. The molecule has 138 valence electrons. The molecule has 0 amide bonds. The van der Waals surface area contributed by atoms with Gasteiger partial charge in [0.2, 0.25) is 5.71 Å². The van der Waals surface area contributed by atoms with E-state index in [9.17, 15) is 0 Å². The molecule has 0 N–H and O–H groups in total. The summed E-state index contributed by atoms with van der Waals surface area (Å²) in [6.07, 6.45) is 3.30. The van der Waals surface area contributed by atoms with Crippen LogP contribution >= 0.6 is 0 Å². The Bertz CT molecular complexity index is 1130. The lowest BCUT2D eigenvalue weighted by molar-refractivity contribution is 0.551. The molecule has 0 atom stereocenters. The van der Waals surface area contributed by atoms with E-state index < -0.39 is 8.07 Å². The molecule has 3 aromatic heterocycles. The largest absolute Gasteiger partial charge is 0.423 e. The second-order valence-electron chi connectivity index (χ2n) is 7.95. The van der Waals surface area contributed by atoms with Gasteiger partial charge in [-0.2, -0.15) is 5.10 Å². The highest BCUT2D eigenvalue weighted by Gasteiger charge is 2.22. The van der Waals surface area contributed by atoms with E-state index in [4.69, 9.17) is 4.42 Å². The van der Waals surface area contributed by atoms with E-state index in [1.54, 1.807) is 12.5 Å². The quantitative estimate of drug-likeness (QED) is 0.506. The van der Waals surface area contributed by atoms with Crippen molar-refractivity contribution in [2.24, 2.45) is 0 Å².